The molecule has 0 aliphatic carbocycles. The Hall–Kier alpha value is -1.81. The fourth-order valence-corrected chi connectivity index (χ4v) is 3.05. The standard InChI is InChI=1S/C17H22N4/c1-13-17(11-19-14(2)20-13)12-21-8-5-15(6-9-21)16-4-3-7-18-10-16/h3-4,7,10-11,15H,5-6,8-9,12H2,1-2H3. The molecule has 4 nitrogen and oxygen atoms in total. The van der Waals surface area contributed by atoms with Gasteiger partial charge in [0.25, 0.3) is 0 Å². The molecule has 0 N–H and O–H groups in total. The third kappa shape index (κ3) is 3.45. The van der Waals surface area contributed by atoms with Crippen LogP contribution in [0.1, 0.15) is 41.4 Å². The first kappa shape index (κ1) is 14.1. The number of pyridine rings is 1. The molecule has 3 heterocycles. The number of aryl methyl sites for hydroxylation is 2. The van der Waals surface area contributed by atoms with Gasteiger partial charge in [0, 0.05) is 36.4 Å². The predicted octanol–water partition coefficient (Wildman–Crippen LogP) is 2.87. The van der Waals surface area contributed by atoms with E-state index in [1.807, 2.05) is 31.6 Å². The van der Waals surface area contributed by atoms with Gasteiger partial charge in [-0.2, -0.15) is 0 Å². The van der Waals surface area contributed by atoms with Crippen LogP contribution in [0.15, 0.2) is 30.7 Å². The highest BCUT2D eigenvalue weighted by atomic mass is 15.1. The van der Waals surface area contributed by atoms with Crippen molar-refractivity contribution in [2.45, 2.75) is 39.2 Å². The van der Waals surface area contributed by atoms with Crippen LogP contribution in [-0.4, -0.2) is 32.9 Å². The van der Waals surface area contributed by atoms with Gasteiger partial charge < -0.3 is 0 Å². The van der Waals surface area contributed by atoms with Crippen molar-refractivity contribution in [3.8, 4) is 0 Å². The van der Waals surface area contributed by atoms with E-state index in [2.05, 4.69) is 32.8 Å². The van der Waals surface area contributed by atoms with Crippen LogP contribution in [0.3, 0.4) is 0 Å². The smallest absolute Gasteiger partial charge is 0.125 e. The molecule has 0 radical (unpaired) electrons. The molecule has 2 aromatic rings. The lowest BCUT2D eigenvalue weighted by molar-refractivity contribution is 0.203. The molecule has 21 heavy (non-hydrogen) atoms. The normalized spacial score (nSPS) is 17.0. The monoisotopic (exact) mass is 282 g/mol. The van der Waals surface area contributed by atoms with Crippen molar-refractivity contribution in [3.05, 3.63) is 53.4 Å². The molecule has 0 amide bonds. The number of nitrogens with zero attached hydrogens (tertiary/aromatic N) is 4. The Balaban J connectivity index is 1.59. The Morgan fingerprint density at radius 2 is 2.00 bits per heavy atom. The summed E-state index contributed by atoms with van der Waals surface area (Å²) in [5.41, 5.74) is 3.74. The maximum atomic E-state index is 4.46. The number of rotatable bonds is 3. The zero-order valence-corrected chi connectivity index (χ0v) is 12.8. The highest BCUT2D eigenvalue weighted by molar-refractivity contribution is 5.17. The van der Waals surface area contributed by atoms with Crippen LogP contribution >= 0.6 is 0 Å². The van der Waals surface area contributed by atoms with Crippen LogP contribution in [0.5, 0.6) is 0 Å². The SMILES string of the molecule is Cc1ncc(CN2CCC(c3cccnc3)CC2)c(C)n1. The van der Waals surface area contributed by atoms with Gasteiger partial charge in [0.05, 0.1) is 0 Å². The summed E-state index contributed by atoms with van der Waals surface area (Å²) < 4.78 is 0. The zero-order valence-electron chi connectivity index (χ0n) is 12.8. The lowest BCUT2D eigenvalue weighted by Crippen LogP contribution is -2.32. The summed E-state index contributed by atoms with van der Waals surface area (Å²) in [6, 6.07) is 4.24. The van der Waals surface area contributed by atoms with Crippen molar-refractivity contribution in [2.75, 3.05) is 13.1 Å². The van der Waals surface area contributed by atoms with Crippen LogP contribution in [-0.2, 0) is 6.54 Å². The fraction of sp³-hybridized carbons (Fsp3) is 0.471. The van der Waals surface area contributed by atoms with E-state index in [9.17, 15) is 0 Å². The molecule has 3 rings (SSSR count). The summed E-state index contributed by atoms with van der Waals surface area (Å²) in [4.78, 5) is 15.5. The maximum absolute atomic E-state index is 4.46. The minimum Gasteiger partial charge on any atom is -0.299 e. The maximum Gasteiger partial charge on any atom is 0.125 e. The van der Waals surface area contributed by atoms with E-state index >= 15 is 0 Å². The van der Waals surface area contributed by atoms with E-state index in [0.717, 1.165) is 31.2 Å². The molecular weight excluding hydrogens is 260 g/mol. The molecule has 4 heteroatoms. The van der Waals surface area contributed by atoms with Crippen LogP contribution in [0, 0.1) is 13.8 Å². The first-order valence-electron chi connectivity index (χ1n) is 7.64. The van der Waals surface area contributed by atoms with E-state index in [-0.39, 0.29) is 0 Å². The quantitative estimate of drug-likeness (QED) is 0.868. The highest BCUT2D eigenvalue weighted by Crippen LogP contribution is 2.28. The Morgan fingerprint density at radius 3 is 2.67 bits per heavy atom. The van der Waals surface area contributed by atoms with Crippen LogP contribution in [0.4, 0.5) is 0 Å². The first-order valence-corrected chi connectivity index (χ1v) is 7.64. The topological polar surface area (TPSA) is 41.9 Å². The molecule has 0 saturated carbocycles. The summed E-state index contributed by atoms with van der Waals surface area (Å²) in [6.45, 7) is 7.24. The minimum absolute atomic E-state index is 0.658. The van der Waals surface area contributed by atoms with Gasteiger partial charge in [-0.1, -0.05) is 6.07 Å². The Kier molecular flexibility index (Phi) is 4.25. The van der Waals surface area contributed by atoms with Gasteiger partial charge in [-0.25, -0.2) is 9.97 Å². The summed E-state index contributed by atoms with van der Waals surface area (Å²) >= 11 is 0. The zero-order chi connectivity index (χ0) is 14.7. The van der Waals surface area contributed by atoms with Gasteiger partial charge in [0.2, 0.25) is 0 Å². The van der Waals surface area contributed by atoms with Crippen LogP contribution in [0.25, 0.3) is 0 Å². The highest BCUT2D eigenvalue weighted by Gasteiger charge is 2.21. The largest absolute Gasteiger partial charge is 0.299 e. The molecule has 110 valence electrons. The van der Waals surface area contributed by atoms with E-state index in [1.165, 1.54) is 24.0 Å². The Morgan fingerprint density at radius 1 is 1.19 bits per heavy atom. The van der Waals surface area contributed by atoms with E-state index < -0.39 is 0 Å². The fourth-order valence-electron chi connectivity index (χ4n) is 3.05. The Labute approximate surface area is 126 Å². The second-order valence-corrected chi connectivity index (χ2v) is 5.86. The van der Waals surface area contributed by atoms with Gasteiger partial charge in [0.15, 0.2) is 0 Å². The van der Waals surface area contributed by atoms with Crippen LogP contribution in [0.2, 0.25) is 0 Å². The van der Waals surface area contributed by atoms with Crippen molar-refractivity contribution >= 4 is 0 Å². The van der Waals surface area contributed by atoms with Crippen molar-refractivity contribution in [1.82, 2.24) is 19.9 Å². The Bertz CT molecular complexity index is 589. The van der Waals surface area contributed by atoms with Crippen LogP contribution < -0.4 is 0 Å². The molecule has 1 fully saturated rings. The van der Waals surface area contributed by atoms with Crippen molar-refractivity contribution in [2.24, 2.45) is 0 Å². The summed E-state index contributed by atoms with van der Waals surface area (Å²) in [7, 11) is 0. The molecule has 0 atom stereocenters. The van der Waals surface area contributed by atoms with Crippen molar-refractivity contribution < 1.29 is 0 Å². The van der Waals surface area contributed by atoms with E-state index in [1.54, 1.807) is 0 Å². The lowest BCUT2D eigenvalue weighted by atomic mass is 9.90. The van der Waals surface area contributed by atoms with Gasteiger partial charge in [-0.05, 0) is 57.3 Å². The summed E-state index contributed by atoms with van der Waals surface area (Å²) in [5.74, 6) is 1.51. The third-order valence-corrected chi connectivity index (χ3v) is 4.34. The minimum atomic E-state index is 0.658. The van der Waals surface area contributed by atoms with Crippen molar-refractivity contribution in [1.29, 1.82) is 0 Å². The van der Waals surface area contributed by atoms with Crippen molar-refractivity contribution in [3.63, 3.8) is 0 Å². The van der Waals surface area contributed by atoms with Gasteiger partial charge in [-0.3, -0.25) is 9.88 Å². The molecule has 2 aromatic heterocycles. The predicted molar refractivity (Wildman–Crippen MR) is 83.0 cm³/mol. The molecule has 0 bridgehead atoms. The summed E-state index contributed by atoms with van der Waals surface area (Å²) in [5, 5.41) is 0. The molecule has 0 spiro atoms. The summed E-state index contributed by atoms with van der Waals surface area (Å²) in [6.07, 6.45) is 8.25. The second-order valence-electron chi connectivity index (χ2n) is 5.86. The third-order valence-electron chi connectivity index (χ3n) is 4.34. The number of likely N-dealkylation sites (tertiary alicyclic amines) is 1. The number of aromatic nitrogens is 3. The van der Waals surface area contributed by atoms with Gasteiger partial charge in [-0.15, -0.1) is 0 Å². The molecular formula is C17H22N4. The molecule has 0 unspecified atom stereocenters. The number of hydrogen-bond acceptors (Lipinski definition) is 4. The lowest BCUT2D eigenvalue weighted by Gasteiger charge is -2.32. The average Bonchev–Trinajstić information content (AvgIpc) is 2.52. The molecule has 1 aliphatic rings. The number of hydrogen-bond donors (Lipinski definition) is 0. The second kappa shape index (κ2) is 6.31. The first-order chi connectivity index (χ1) is 10.2. The number of piperidine rings is 1. The molecule has 1 saturated heterocycles. The molecule has 1 aliphatic heterocycles. The van der Waals surface area contributed by atoms with Gasteiger partial charge >= 0.3 is 0 Å². The van der Waals surface area contributed by atoms with E-state index in [0.29, 0.717) is 5.92 Å². The average molecular weight is 282 g/mol. The molecule has 0 aromatic carbocycles. The van der Waals surface area contributed by atoms with E-state index in [4.69, 9.17) is 0 Å². The van der Waals surface area contributed by atoms with Gasteiger partial charge in [0.1, 0.15) is 5.82 Å².